The number of aldehydes is 1. The van der Waals surface area contributed by atoms with Gasteiger partial charge in [0.15, 0.2) is 6.29 Å². The van der Waals surface area contributed by atoms with E-state index in [2.05, 4.69) is 24.5 Å². The zero-order valence-corrected chi connectivity index (χ0v) is 11.4. The fraction of sp³-hybridized carbons (Fsp3) is 0.438. The van der Waals surface area contributed by atoms with E-state index in [-0.39, 0.29) is 11.7 Å². The van der Waals surface area contributed by atoms with Crippen LogP contribution in [0.3, 0.4) is 0 Å². The van der Waals surface area contributed by atoms with Crippen molar-refractivity contribution in [2.45, 2.75) is 44.9 Å². The van der Waals surface area contributed by atoms with Gasteiger partial charge in [0.1, 0.15) is 0 Å². The summed E-state index contributed by atoms with van der Waals surface area (Å²) in [5.74, 6) is 0. The lowest BCUT2D eigenvalue weighted by Gasteiger charge is -2.20. The standard InChI is InChI=1S/C16H19NO2/c1-16(2)8-6-14(19-16)10-17-9-7-12-4-3-5-13(11-18)15(12)17/h3-5,7,9,11,14H,6,8,10H2,1-2H3. The zero-order chi connectivity index (χ0) is 13.5. The van der Waals surface area contributed by atoms with Crippen molar-refractivity contribution in [3.05, 3.63) is 36.0 Å². The van der Waals surface area contributed by atoms with E-state index in [1.807, 2.05) is 24.4 Å². The molecule has 0 amide bonds. The third-order valence-electron chi connectivity index (χ3n) is 3.90. The van der Waals surface area contributed by atoms with Crippen molar-refractivity contribution < 1.29 is 9.53 Å². The van der Waals surface area contributed by atoms with Gasteiger partial charge in [0.2, 0.25) is 0 Å². The molecule has 1 fully saturated rings. The van der Waals surface area contributed by atoms with E-state index in [9.17, 15) is 4.79 Å². The summed E-state index contributed by atoms with van der Waals surface area (Å²) in [4.78, 5) is 11.2. The molecule has 0 saturated carbocycles. The predicted molar refractivity (Wildman–Crippen MR) is 75.5 cm³/mol. The largest absolute Gasteiger partial charge is 0.370 e. The second-order valence-corrected chi connectivity index (χ2v) is 5.91. The van der Waals surface area contributed by atoms with Crippen molar-refractivity contribution in [3.63, 3.8) is 0 Å². The van der Waals surface area contributed by atoms with Crippen LogP contribution in [0.1, 0.15) is 37.0 Å². The normalized spacial score (nSPS) is 21.9. The van der Waals surface area contributed by atoms with Gasteiger partial charge >= 0.3 is 0 Å². The van der Waals surface area contributed by atoms with Gasteiger partial charge in [-0.25, -0.2) is 0 Å². The van der Waals surface area contributed by atoms with Crippen LogP contribution in [-0.4, -0.2) is 22.6 Å². The van der Waals surface area contributed by atoms with Gasteiger partial charge in [0.05, 0.1) is 17.2 Å². The molecule has 19 heavy (non-hydrogen) atoms. The van der Waals surface area contributed by atoms with E-state index in [0.717, 1.165) is 42.1 Å². The summed E-state index contributed by atoms with van der Waals surface area (Å²) in [6.45, 7) is 5.09. The summed E-state index contributed by atoms with van der Waals surface area (Å²) in [7, 11) is 0. The Kier molecular flexibility index (Phi) is 2.94. The number of ether oxygens (including phenoxy) is 1. The minimum absolute atomic E-state index is 0.0128. The molecule has 2 heterocycles. The molecule has 0 spiro atoms. The van der Waals surface area contributed by atoms with Gasteiger partial charge in [-0.3, -0.25) is 4.79 Å². The summed E-state index contributed by atoms with van der Waals surface area (Å²) in [5, 5.41) is 1.11. The Labute approximate surface area is 113 Å². The topological polar surface area (TPSA) is 31.2 Å². The molecule has 100 valence electrons. The Bertz CT molecular complexity index is 612. The highest BCUT2D eigenvalue weighted by atomic mass is 16.5. The Morgan fingerprint density at radius 1 is 1.42 bits per heavy atom. The maximum atomic E-state index is 11.2. The van der Waals surface area contributed by atoms with Gasteiger partial charge < -0.3 is 9.30 Å². The van der Waals surface area contributed by atoms with Gasteiger partial charge in [0.25, 0.3) is 0 Å². The molecular weight excluding hydrogens is 238 g/mol. The van der Waals surface area contributed by atoms with Crippen LogP contribution in [-0.2, 0) is 11.3 Å². The SMILES string of the molecule is CC1(C)CCC(Cn2ccc3cccc(C=O)c32)O1. The number of carbonyl (C=O) groups is 1. The quantitative estimate of drug-likeness (QED) is 0.789. The van der Waals surface area contributed by atoms with Crippen LogP contribution in [0.4, 0.5) is 0 Å². The number of nitrogens with zero attached hydrogens (tertiary/aromatic N) is 1. The number of rotatable bonds is 3. The van der Waals surface area contributed by atoms with Gasteiger partial charge in [-0.2, -0.15) is 0 Å². The molecular formula is C16H19NO2. The molecule has 3 nitrogen and oxygen atoms in total. The third kappa shape index (κ3) is 2.30. The van der Waals surface area contributed by atoms with Gasteiger partial charge in [0, 0.05) is 23.7 Å². The Morgan fingerprint density at radius 2 is 2.26 bits per heavy atom. The average Bonchev–Trinajstić information content (AvgIpc) is 2.93. The highest BCUT2D eigenvalue weighted by Gasteiger charge is 2.31. The fourth-order valence-corrected chi connectivity index (χ4v) is 2.96. The number of hydrogen-bond donors (Lipinski definition) is 0. The minimum Gasteiger partial charge on any atom is -0.370 e. The molecule has 1 unspecified atom stereocenters. The van der Waals surface area contributed by atoms with E-state index < -0.39 is 0 Å². The molecule has 2 aromatic rings. The summed E-state index contributed by atoms with van der Waals surface area (Å²) < 4.78 is 8.18. The molecule has 1 aromatic carbocycles. The summed E-state index contributed by atoms with van der Waals surface area (Å²) in [6, 6.07) is 7.89. The van der Waals surface area contributed by atoms with Crippen molar-refractivity contribution in [2.24, 2.45) is 0 Å². The van der Waals surface area contributed by atoms with Crippen LogP contribution >= 0.6 is 0 Å². The predicted octanol–water partition coefficient (Wildman–Crippen LogP) is 3.41. The van der Waals surface area contributed by atoms with E-state index in [1.54, 1.807) is 0 Å². The molecule has 0 radical (unpaired) electrons. The Balaban J connectivity index is 1.91. The van der Waals surface area contributed by atoms with E-state index >= 15 is 0 Å². The lowest BCUT2D eigenvalue weighted by molar-refractivity contribution is -0.0212. The molecule has 1 saturated heterocycles. The van der Waals surface area contributed by atoms with Crippen molar-refractivity contribution >= 4 is 17.2 Å². The Morgan fingerprint density at radius 3 is 2.95 bits per heavy atom. The summed E-state index contributed by atoms with van der Waals surface area (Å²) in [5.41, 5.74) is 1.76. The van der Waals surface area contributed by atoms with E-state index in [1.165, 1.54) is 0 Å². The number of fused-ring (bicyclic) bond motifs is 1. The smallest absolute Gasteiger partial charge is 0.152 e. The van der Waals surface area contributed by atoms with Crippen molar-refractivity contribution in [1.29, 1.82) is 0 Å². The van der Waals surface area contributed by atoms with Gasteiger partial charge in [-0.15, -0.1) is 0 Å². The van der Waals surface area contributed by atoms with Crippen molar-refractivity contribution in [1.82, 2.24) is 4.57 Å². The van der Waals surface area contributed by atoms with Crippen molar-refractivity contribution in [2.75, 3.05) is 0 Å². The second kappa shape index (κ2) is 4.49. The average molecular weight is 257 g/mol. The van der Waals surface area contributed by atoms with E-state index in [0.29, 0.717) is 0 Å². The molecule has 3 heteroatoms. The lowest BCUT2D eigenvalue weighted by Crippen LogP contribution is -2.22. The number of benzene rings is 1. The highest BCUT2D eigenvalue weighted by molar-refractivity contribution is 5.96. The molecule has 1 aromatic heterocycles. The first-order valence-corrected chi connectivity index (χ1v) is 6.80. The molecule has 0 N–H and O–H groups in total. The monoisotopic (exact) mass is 257 g/mol. The van der Waals surface area contributed by atoms with Crippen LogP contribution in [0.25, 0.3) is 10.9 Å². The fourth-order valence-electron chi connectivity index (χ4n) is 2.96. The first kappa shape index (κ1) is 12.4. The first-order chi connectivity index (χ1) is 9.09. The summed E-state index contributed by atoms with van der Waals surface area (Å²) >= 11 is 0. The summed E-state index contributed by atoms with van der Waals surface area (Å²) in [6.07, 6.45) is 5.39. The van der Waals surface area contributed by atoms with Crippen LogP contribution in [0.5, 0.6) is 0 Å². The Hall–Kier alpha value is -1.61. The molecule has 3 rings (SSSR count). The first-order valence-electron chi connectivity index (χ1n) is 6.80. The maximum Gasteiger partial charge on any atom is 0.152 e. The molecule has 1 aliphatic rings. The van der Waals surface area contributed by atoms with Crippen LogP contribution in [0, 0.1) is 0 Å². The number of carbonyl (C=O) groups excluding carboxylic acids is 1. The minimum atomic E-state index is -0.0128. The van der Waals surface area contributed by atoms with Gasteiger partial charge in [-0.1, -0.05) is 12.1 Å². The van der Waals surface area contributed by atoms with Crippen LogP contribution < -0.4 is 0 Å². The van der Waals surface area contributed by atoms with Crippen molar-refractivity contribution in [3.8, 4) is 0 Å². The molecule has 0 bridgehead atoms. The third-order valence-corrected chi connectivity index (χ3v) is 3.90. The number of hydrogen-bond acceptors (Lipinski definition) is 2. The molecule has 1 atom stereocenters. The zero-order valence-electron chi connectivity index (χ0n) is 11.4. The van der Waals surface area contributed by atoms with Gasteiger partial charge in [-0.05, 0) is 38.8 Å². The second-order valence-electron chi connectivity index (χ2n) is 5.91. The molecule has 1 aliphatic heterocycles. The maximum absolute atomic E-state index is 11.2. The van der Waals surface area contributed by atoms with Crippen LogP contribution in [0.15, 0.2) is 30.5 Å². The highest BCUT2D eigenvalue weighted by Crippen LogP contribution is 2.31. The number of aromatic nitrogens is 1. The molecule has 0 aliphatic carbocycles. The van der Waals surface area contributed by atoms with E-state index in [4.69, 9.17) is 4.74 Å². The number of para-hydroxylation sites is 1. The van der Waals surface area contributed by atoms with Crippen LogP contribution in [0.2, 0.25) is 0 Å². The lowest BCUT2D eigenvalue weighted by atomic mass is 10.1.